The van der Waals surface area contributed by atoms with Crippen molar-refractivity contribution in [1.82, 2.24) is 0 Å². The van der Waals surface area contributed by atoms with E-state index in [1.54, 1.807) is 25.2 Å². The van der Waals surface area contributed by atoms with Gasteiger partial charge in [0.2, 0.25) is 0 Å². The summed E-state index contributed by atoms with van der Waals surface area (Å²) in [6, 6.07) is 20.5. The predicted octanol–water partition coefficient (Wildman–Crippen LogP) is 5.51. The van der Waals surface area contributed by atoms with Gasteiger partial charge in [-0.1, -0.05) is 54.6 Å². The molecule has 0 spiro atoms. The molecule has 2 atom stereocenters. The number of carboxylic acids is 2. The summed E-state index contributed by atoms with van der Waals surface area (Å²) in [5.74, 6) is -1.70. The Morgan fingerprint density at radius 2 is 1.29 bits per heavy atom. The van der Waals surface area contributed by atoms with E-state index in [2.05, 4.69) is 10.6 Å². The molecule has 4 aromatic rings. The molecule has 4 N–H and O–H groups in total. The quantitative estimate of drug-likeness (QED) is 0.318. The molecule has 0 aliphatic heterocycles. The van der Waals surface area contributed by atoms with Gasteiger partial charge in [0.15, 0.2) is 0 Å². The van der Waals surface area contributed by atoms with E-state index in [1.165, 1.54) is 0 Å². The van der Waals surface area contributed by atoms with E-state index in [9.17, 15) is 9.59 Å². The Labute approximate surface area is 184 Å². The number of hydrogen-bond donors (Lipinski definition) is 4. The first-order valence-corrected chi connectivity index (χ1v) is 10.7. The summed E-state index contributed by atoms with van der Waals surface area (Å²) >= 11 is 1.61. The molecule has 0 aliphatic carbocycles. The number of aliphatic carboxylic acids is 2. The fourth-order valence-electron chi connectivity index (χ4n) is 3.03. The highest BCUT2D eigenvalue weighted by Gasteiger charge is 2.12. The van der Waals surface area contributed by atoms with Gasteiger partial charge in [-0.3, -0.25) is 9.59 Å². The average Bonchev–Trinajstić information content (AvgIpc) is 3.17. The van der Waals surface area contributed by atoms with Crippen LogP contribution in [0.1, 0.15) is 13.8 Å². The molecular formula is C24H24N2O4S. The molecule has 31 heavy (non-hydrogen) atoms. The van der Waals surface area contributed by atoms with Gasteiger partial charge in [0.25, 0.3) is 0 Å². The molecule has 0 radical (unpaired) electrons. The first kappa shape index (κ1) is 22.1. The first-order chi connectivity index (χ1) is 14.9. The second kappa shape index (κ2) is 9.95. The molecule has 7 heteroatoms. The van der Waals surface area contributed by atoms with Crippen LogP contribution >= 0.6 is 11.3 Å². The van der Waals surface area contributed by atoms with Crippen LogP contribution in [0.5, 0.6) is 0 Å². The number of fused-ring (bicyclic) bond motifs is 2. The minimum atomic E-state index is -0.854. The highest BCUT2D eigenvalue weighted by molar-refractivity contribution is 7.17. The number of anilines is 2. The van der Waals surface area contributed by atoms with Crippen molar-refractivity contribution in [1.29, 1.82) is 0 Å². The largest absolute Gasteiger partial charge is 0.480 e. The molecule has 0 bridgehead atoms. The maximum absolute atomic E-state index is 10.8. The van der Waals surface area contributed by atoms with Crippen molar-refractivity contribution < 1.29 is 19.8 Å². The summed E-state index contributed by atoms with van der Waals surface area (Å²) in [6.45, 7) is 3.26. The standard InChI is InChI=1S/C13H13NO2.C11H11NO2S/c1-9(13(15)16)14-12-8-4-6-10-5-2-3-7-11(10)12;1-7(11(13)14)12-9-6-15-10-5-3-2-4-8(9)10/h2-9,14H,1H3,(H,15,16);2-7,12H,1H3,(H,13,14)/t9-;7-/m11/s1. The Morgan fingerprint density at radius 1 is 0.742 bits per heavy atom. The van der Waals surface area contributed by atoms with Gasteiger partial charge in [0.1, 0.15) is 12.1 Å². The Hall–Kier alpha value is -3.58. The van der Waals surface area contributed by atoms with Crippen molar-refractivity contribution in [2.45, 2.75) is 25.9 Å². The molecule has 0 saturated carbocycles. The number of thiophene rings is 1. The normalized spacial score (nSPS) is 12.5. The van der Waals surface area contributed by atoms with E-state index in [-0.39, 0.29) is 0 Å². The zero-order valence-electron chi connectivity index (χ0n) is 17.2. The summed E-state index contributed by atoms with van der Waals surface area (Å²) in [5, 5.41) is 28.8. The maximum atomic E-state index is 10.8. The Balaban J connectivity index is 0.000000176. The molecule has 0 unspecified atom stereocenters. The van der Waals surface area contributed by atoms with Gasteiger partial charge < -0.3 is 20.8 Å². The van der Waals surface area contributed by atoms with E-state index in [4.69, 9.17) is 10.2 Å². The van der Waals surface area contributed by atoms with Crippen LogP contribution in [-0.2, 0) is 9.59 Å². The SMILES string of the molecule is C[C@@H](Nc1cccc2ccccc12)C(=O)O.C[C@@H](Nc1csc2ccccc12)C(=O)O. The van der Waals surface area contributed by atoms with Gasteiger partial charge in [0.05, 0.1) is 5.69 Å². The Bertz CT molecular complexity index is 1200. The lowest BCUT2D eigenvalue weighted by molar-refractivity contribution is -0.138. The van der Waals surface area contributed by atoms with Crippen LogP contribution in [0.25, 0.3) is 20.9 Å². The van der Waals surface area contributed by atoms with Gasteiger partial charge >= 0.3 is 11.9 Å². The summed E-state index contributed by atoms with van der Waals surface area (Å²) in [4.78, 5) is 21.5. The number of benzene rings is 3. The van der Waals surface area contributed by atoms with Crippen molar-refractivity contribution >= 4 is 55.5 Å². The molecule has 0 fully saturated rings. The van der Waals surface area contributed by atoms with Gasteiger partial charge in [-0.05, 0) is 31.4 Å². The summed E-state index contributed by atoms with van der Waals surface area (Å²) < 4.78 is 1.16. The Morgan fingerprint density at radius 3 is 1.97 bits per heavy atom. The van der Waals surface area contributed by atoms with Gasteiger partial charge in [-0.15, -0.1) is 11.3 Å². The van der Waals surface area contributed by atoms with E-state index in [0.717, 1.165) is 32.2 Å². The molecule has 0 saturated heterocycles. The number of nitrogens with one attached hydrogen (secondary N) is 2. The van der Waals surface area contributed by atoms with Crippen LogP contribution in [0.2, 0.25) is 0 Å². The van der Waals surface area contributed by atoms with E-state index in [0.29, 0.717) is 0 Å². The highest BCUT2D eigenvalue weighted by Crippen LogP contribution is 2.30. The van der Waals surface area contributed by atoms with Crippen molar-refractivity contribution in [3.8, 4) is 0 Å². The fourth-order valence-corrected chi connectivity index (χ4v) is 3.93. The lowest BCUT2D eigenvalue weighted by Crippen LogP contribution is -2.25. The molecule has 6 nitrogen and oxygen atoms in total. The monoisotopic (exact) mass is 436 g/mol. The minimum Gasteiger partial charge on any atom is -0.480 e. The lowest BCUT2D eigenvalue weighted by atomic mass is 10.1. The van der Waals surface area contributed by atoms with Crippen LogP contribution in [0.15, 0.2) is 72.1 Å². The van der Waals surface area contributed by atoms with Crippen molar-refractivity contribution in [2.75, 3.05) is 10.6 Å². The average molecular weight is 437 g/mol. The third kappa shape index (κ3) is 5.52. The van der Waals surface area contributed by atoms with Crippen LogP contribution in [-0.4, -0.2) is 34.2 Å². The summed E-state index contributed by atoms with van der Waals surface area (Å²) in [7, 11) is 0. The molecule has 0 amide bonds. The number of carboxylic acid groups (broad SMARTS) is 2. The second-order valence-corrected chi connectivity index (χ2v) is 7.99. The zero-order valence-corrected chi connectivity index (χ0v) is 18.0. The van der Waals surface area contributed by atoms with E-state index in [1.807, 2.05) is 72.1 Å². The smallest absolute Gasteiger partial charge is 0.325 e. The third-order valence-electron chi connectivity index (χ3n) is 4.76. The minimum absolute atomic E-state index is 0.567. The van der Waals surface area contributed by atoms with E-state index >= 15 is 0 Å². The first-order valence-electron chi connectivity index (χ1n) is 9.79. The molecular weight excluding hydrogens is 412 g/mol. The molecule has 3 aromatic carbocycles. The fraction of sp³-hybridized carbons (Fsp3) is 0.167. The van der Waals surface area contributed by atoms with Crippen molar-refractivity contribution in [3.05, 3.63) is 72.1 Å². The van der Waals surface area contributed by atoms with Crippen molar-refractivity contribution in [3.63, 3.8) is 0 Å². The number of carbonyl (C=O) groups is 2. The van der Waals surface area contributed by atoms with Crippen LogP contribution in [0, 0.1) is 0 Å². The van der Waals surface area contributed by atoms with Crippen molar-refractivity contribution in [2.24, 2.45) is 0 Å². The maximum Gasteiger partial charge on any atom is 0.325 e. The topological polar surface area (TPSA) is 98.7 Å². The molecule has 0 aliphatic rings. The molecule has 1 heterocycles. The van der Waals surface area contributed by atoms with Gasteiger partial charge in [-0.2, -0.15) is 0 Å². The predicted molar refractivity (Wildman–Crippen MR) is 127 cm³/mol. The second-order valence-electron chi connectivity index (χ2n) is 7.08. The highest BCUT2D eigenvalue weighted by atomic mass is 32.1. The van der Waals surface area contributed by atoms with E-state index < -0.39 is 24.0 Å². The van der Waals surface area contributed by atoms with Crippen LogP contribution in [0.4, 0.5) is 11.4 Å². The molecule has 160 valence electrons. The summed E-state index contributed by atoms with van der Waals surface area (Å²) in [6.07, 6.45) is 0. The lowest BCUT2D eigenvalue weighted by Gasteiger charge is -2.12. The van der Waals surface area contributed by atoms with Gasteiger partial charge in [-0.25, -0.2) is 0 Å². The molecule has 4 rings (SSSR count). The van der Waals surface area contributed by atoms with Crippen LogP contribution < -0.4 is 10.6 Å². The molecule has 1 aromatic heterocycles. The zero-order chi connectivity index (χ0) is 22.4. The third-order valence-corrected chi connectivity index (χ3v) is 5.72. The number of rotatable bonds is 6. The Kier molecular flexibility index (Phi) is 7.10. The number of hydrogen-bond acceptors (Lipinski definition) is 5. The van der Waals surface area contributed by atoms with Gasteiger partial charge in [0, 0.05) is 26.5 Å². The summed E-state index contributed by atoms with van der Waals surface area (Å²) in [5.41, 5.74) is 1.75. The van der Waals surface area contributed by atoms with Crippen LogP contribution in [0.3, 0.4) is 0 Å².